The molecule has 1 aliphatic rings. The maximum absolute atomic E-state index is 5.19. The molecule has 1 atom stereocenters. The fourth-order valence-electron chi connectivity index (χ4n) is 1.72. The van der Waals surface area contributed by atoms with Gasteiger partial charge < -0.3 is 4.74 Å². The summed E-state index contributed by atoms with van der Waals surface area (Å²) < 4.78 is 5.65. The van der Waals surface area contributed by atoms with Crippen molar-refractivity contribution in [1.82, 2.24) is 0 Å². The van der Waals surface area contributed by atoms with Crippen LogP contribution in [-0.2, 0) is 4.74 Å². The summed E-state index contributed by atoms with van der Waals surface area (Å²) in [6.07, 6.45) is 8.23. The fraction of sp³-hybridized carbons (Fsp3) is 0.818. The second-order valence-corrected chi connectivity index (χ2v) is 5.58. The van der Waals surface area contributed by atoms with Crippen LogP contribution in [0.1, 0.15) is 39.0 Å². The van der Waals surface area contributed by atoms with Crippen LogP contribution in [0.15, 0.2) is 12.8 Å². The van der Waals surface area contributed by atoms with E-state index in [1.165, 1.54) is 31.4 Å². The molecule has 1 saturated heterocycles. The predicted octanol–water partition coefficient (Wildman–Crippen LogP) is 3.60. The maximum Gasteiger partial charge on any atom is 0.0886 e. The standard InChI is InChI=1S/C11H20OS/c1-3-12-9-8-11(2)7-5-4-6-10-13-11/h3H,1,4-10H2,2H3. The van der Waals surface area contributed by atoms with Gasteiger partial charge in [0, 0.05) is 4.75 Å². The summed E-state index contributed by atoms with van der Waals surface area (Å²) in [5.74, 6) is 1.32. The Morgan fingerprint density at radius 1 is 1.46 bits per heavy atom. The highest BCUT2D eigenvalue weighted by Crippen LogP contribution is 2.37. The molecule has 0 spiro atoms. The van der Waals surface area contributed by atoms with Crippen molar-refractivity contribution in [2.75, 3.05) is 12.4 Å². The van der Waals surface area contributed by atoms with Crippen LogP contribution in [0.25, 0.3) is 0 Å². The molecule has 0 amide bonds. The highest BCUT2D eigenvalue weighted by Gasteiger charge is 2.25. The zero-order valence-electron chi connectivity index (χ0n) is 8.55. The van der Waals surface area contributed by atoms with Gasteiger partial charge in [-0.05, 0) is 25.0 Å². The van der Waals surface area contributed by atoms with Gasteiger partial charge in [0.2, 0.25) is 0 Å². The molecule has 0 aliphatic carbocycles. The quantitative estimate of drug-likeness (QED) is 0.506. The van der Waals surface area contributed by atoms with E-state index in [1.807, 2.05) is 0 Å². The minimum atomic E-state index is 0.458. The molecule has 13 heavy (non-hydrogen) atoms. The van der Waals surface area contributed by atoms with Crippen molar-refractivity contribution >= 4 is 11.8 Å². The van der Waals surface area contributed by atoms with Gasteiger partial charge in [-0.15, -0.1) is 0 Å². The Labute approximate surface area is 85.9 Å². The van der Waals surface area contributed by atoms with E-state index in [-0.39, 0.29) is 0 Å². The van der Waals surface area contributed by atoms with E-state index in [1.54, 1.807) is 6.26 Å². The lowest BCUT2D eigenvalue weighted by Gasteiger charge is -2.26. The zero-order chi connectivity index (χ0) is 9.57. The van der Waals surface area contributed by atoms with Crippen LogP contribution in [0.3, 0.4) is 0 Å². The molecule has 0 N–H and O–H groups in total. The van der Waals surface area contributed by atoms with Gasteiger partial charge in [0.25, 0.3) is 0 Å². The van der Waals surface area contributed by atoms with Crippen LogP contribution in [0.4, 0.5) is 0 Å². The number of thioether (sulfide) groups is 1. The van der Waals surface area contributed by atoms with Crippen LogP contribution in [0.5, 0.6) is 0 Å². The highest BCUT2D eigenvalue weighted by molar-refractivity contribution is 8.00. The third-order valence-corrected chi connectivity index (χ3v) is 4.27. The van der Waals surface area contributed by atoms with Crippen molar-refractivity contribution in [2.24, 2.45) is 0 Å². The summed E-state index contributed by atoms with van der Waals surface area (Å²) >= 11 is 2.12. The summed E-state index contributed by atoms with van der Waals surface area (Å²) in [6, 6.07) is 0. The average molecular weight is 200 g/mol. The SMILES string of the molecule is C=COCCC1(C)CCCCCS1. The first-order valence-electron chi connectivity index (χ1n) is 5.13. The molecule has 0 aromatic carbocycles. The Balaban J connectivity index is 2.28. The first kappa shape index (κ1) is 11.0. The van der Waals surface area contributed by atoms with Gasteiger partial charge in [0.15, 0.2) is 0 Å². The topological polar surface area (TPSA) is 9.23 Å². The number of hydrogen-bond donors (Lipinski definition) is 0. The van der Waals surface area contributed by atoms with Crippen molar-refractivity contribution in [2.45, 2.75) is 43.8 Å². The number of ether oxygens (including phenoxy) is 1. The van der Waals surface area contributed by atoms with E-state index in [9.17, 15) is 0 Å². The molecule has 1 unspecified atom stereocenters. The monoisotopic (exact) mass is 200 g/mol. The number of hydrogen-bond acceptors (Lipinski definition) is 2. The molecule has 1 aliphatic heterocycles. The van der Waals surface area contributed by atoms with Crippen LogP contribution in [0, 0.1) is 0 Å². The van der Waals surface area contributed by atoms with Crippen molar-refractivity contribution < 1.29 is 4.74 Å². The van der Waals surface area contributed by atoms with Gasteiger partial charge in [0.05, 0.1) is 12.9 Å². The van der Waals surface area contributed by atoms with E-state index >= 15 is 0 Å². The molecule has 1 heterocycles. The lowest BCUT2D eigenvalue weighted by atomic mass is 9.99. The third kappa shape index (κ3) is 4.08. The van der Waals surface area contributed by atoms with Gasteiger partial charge in [-0.25, -0.2) is 0 Å². The predicted molar refractivity (Wildman–Crippen MR) is 60.1 cm³/mol. The lowest BCUT2D eigenvalue weighted by Crippen LogP contribution is -2.21. The molecule has 0 aromatic heterocycles. The van der Waals surface area contributed by atoms with Gasteiger partial charge in [-0.3, -0.25) is 0 Å². The van der Waals surface area contributed by atoms with E-state index < -0.39 is 0 Å². The fourth-order valence-corrected chi connectivity index (χ4v) is 3.08. The molecule has 0 aromatic rings. The molecule has 1 nitrogen and oxygen atoms in total. The minimum Gasteiger partial charge on any atom is -0.502 e. The van der Waals surface area contributed by atoms with Crippen LogP contribution >= 0.6 is 11.8 Å². The van der Waals surface area contributed by atoms with E-state index in [0.29, 0.717) is 4.75 Å². The Morgan fingerprint density at radius 3 is 3.08 bits per heavy atom. The Hall–Kier alpha value is -0.110. The lowest BCUT2D eigenvalue weighted by molar-refractivity contribution is 0.231. The largest absolute Gasteiger partial charge is 0.502 e. The molecule has 0 bridgehead atoms. The van der Waals surface area contributed by atoms with Crippen molar-refractivity contribution in [3.63, 3.8) is 0 Å². The second-order valence-electron chi connectivity index (χ2n) is 3.90. The molecular weight excluding hydrogens is 180 g/mol. The Kier molecular flexibility index (Phi) is 4.71. The Morgan fingerprint density at radius 2 is 2.31 bits per heavy atom. The summed E-state index contributed by atoms with van der Waals surface area (Å²) in [5.41, 5.74) is 0. The molecule has 2 heteroatoms. The zero-order valence-corrected chi connectivity index (χ0v) is 9.37. The third-order valence-electron chi connectivity index (χ3n) is 2.67. The minimum absolute atomic E-state index is 0.458. The average Bonchev–Trinajstić information content (AvgIpc) is 2.31. The summed E-state index contributed by atoms with van der Waals surface area (Å²) in [7, 11) is 0. The molecule has 1 fully saturated rings. The molecular formula is C11H20OS. The van der Waals surface area contributed by atoms with Crippen LogP contribution < -0.4 is 0 Å². The van der Waals surface area contributed by atoms with Gasteiger partial charge in [-0.2, -0.15) is 11.8 Å². The second kappa shape index (κ2) is 5.58. The normalized spacial score (nSPS) is 29.3. The first-order valence-corrected chi connectivity index (χ1v) is 6.12. The van der Waals surface area contributed by atoms with Crippen LogP contribution in [-0.4, -0.2) is 17.1 Å². The van der Waals surface area contributed by atoms with E-state index in [4.69, 9.17) is 4.74 Å². The molecule has 0 radical (unpaired) electrons. The van der Waals surface area contributed by atoms with Crippen molar-refractivity contribution in [1.29, 1.82) is 0 Å². The van der Waals surface area contributed by atoms with Gasteiger partial charge >= 0.3 is 0 Å². The van der Waals surface area contributed by atoms with Gasteiger partial charge in [0.1, 0.15) is 0 Å². The molecule has 0 saturated carbocycles. The Bertz CT molecular complexity index is 148. The summed E-state index contributed by atoms with van der Waals surface area (Å²) in [4.78, 5) is 0. The van der Waals surface area contributed by atoms with Crippen molar-refractivity contribution in [3.05, 3.63) is 12.8 Å². The van der Waals surface area contributed by atoms with Crippen LogP contribution in [0.2, 0.25) is 0 Å². The smallest absolute Gasteiger partial charge is 0.0886 e. The molecule has 76 valence electrons. The summed E-state index contributed by atoms with van der Waals surface area (Å²) in [6.45, 7) is 6.75. The van der Waals surface area contributed by atoms with Gasteiger partial charge in [-0.1, -0.05) is 26.3 Å². The van der Waals surface area contributed by atoms with E-state index in [0.717, 1.165) is 13.0 Å². The molecule has 1 rings (SSSR count). The maximum atomic E-state index is 5.19. The summed E-state index contributed by atoms with van der Waals surface area (Å²) in [5, 5.41) is 0. The number of rotatable bonds is 4. The van der Waals surface area contributed by atoms with Crippen molar-refractivity contribution in [3.8, 4) is 0 Å². The highest BCUT2D eigenvalue weighted by atomic mass is 32.2. The van der Waals surface area contributed by atoms with E-state index in [2.05, 4.69) is 25.3 Å². The first-order chi connectivity index (χ1) is 6.27.